The van der Waals surface area contributed by atoms with Crippen LogP contribution in [0.15, 0.2) is 30.3 Å². The number of ether oxygens (including phenoxy) is 1. The molecule has 3 rings (SSSR count). The van der Waals surface area contributed by atoms with E-state index in [4.69, 9.17) is 4.74 Å². The molecule has 32 heavy (non-hydrogen) atoms. The Kier molecular flexibility index (Phi) is 7.20. The molecule has 1 heterocycles. The highest BCUT2D eigenvalue weighted by Crippen LogP contribution is 2.47. The molecule has 1 aliphatic heterocycles. The topological polar surface area (TPSA) is 49.7 Å². The van der Waals surface area contributed by atoms with E-state index in [9.17, 15) is 10.2 Å². The molecular weight excluding hydrogens is 396 g/mol. The Balaban J connectivity index is 2.09. The molecule has 0 saturated carbocycles. The Bertz CT molecular complexity index is 1040. The number of aliphatic hydroxyl groups excluding tert-OH is 1. The lowest BCUT2D eigenvalue weighted by Gasteiger charge is -2.47. The number of aryl methyl sites for hydroxylation is 5. The van der Waals surface area contributed by atoms with E-state index in [0.29, 0.717) is 0 Å². The maximum atomic E-state index is 11.8. The quantitative estimate of drug-likeness (QED) is 0.630. The third-order valence-electron chi connectivity index (χ3n) is 7.51. The van der Waals surface area contributed by atoms with Crippen molar-refractivity contribution in [3.05, 3.63) is 69.3 Å². The van der Waals surface area contributed by atoms with E-state index in [0.717, 1.165) is 22.3 Å². The van der Waals surface area contributed by atoms with Crippen LogP contribution in [0.5, 0.6) is 0 Å². The monoisotopic (exact) mass is 434 g/mol. The van der Waals surface area contributed by atoms with E-state index < -0.39 is 5.79 Å². The van der Waals surface area contributed by atoms with Gasteiger partial charge in [0.1, 0.15) is 0 Å². The average molecular weight is 435 g/mol. The van der Waals surface area contributed by atoms with Gasteiger partial charge in [-0.25, -0.2) is 0 Å². The van der Waals surface area contributed by atoms with Crippen LogP contribution in [-0.2, 0) is 4.74 Å². The normalized spacial score (nSPS) is 28.7. The molecule has 0 bridgehead atoms. The van der Waals surface area contributed by atoms with E-state index in [1.165, 1.54) is 16.7 Å². The van der Waals surface area contributed by atoms with Gasteiger partial charge in [0.05, 0.1) is 24.5 Å². The molecule has 1 aliphatic rings. The highest BCUT2D eigenvalue weighted by molar-refractivity contribution is 5.43. The summed E-state index contributed by atoms with van der Waals surface area (Å²) < 4.78 is 6.21. The lowest BCUT2D eigenvalue weighted by molar-refractivity contribution is -0.251. The molecule has 2 aromatic carbocycles. The summed E-state index contributed by atoms with van der Waals surface area (Å²) in [6.45, 7) is 16.6. The highest BCUT2D eigenvalue weighted by Gasteiger charge is 2.50. The number of hydrogen-bond donors (Lipinski definition) is 2. The van der Waals surface area contributed by atoms with Crippen molar-refractivity contribution in [2.75, 3.05) is 6.61 Å². The van der Waals surface area contributed by atoms with Crippen LogP contribution in [0.25, 0.3) is 0 Å². The Morgan fingerprint density at radius 2 is 1.56 bits per heavy atom. The average Bonchev–Trinajstić information content (AvgIpc) is 2.72. The van der Waals surface area contributed by atoms with Crippen molar-refractivity contribution in [1.82, 2.24) is 0 Å². The zero-order valence-electron chi connectivity index (χ0n) is 20.8. The Morgan fingerprint density at radius 1 is 0.906 bits per heavy atom. The fourth-order valence-electron chi connectivity index (χ4n) is 5.10. The van der Waals surface area contributed by atoms with Gasteiger partial charge in [-0.05, 0) is 92.7 Å². The molecule has 2 aromatic rings. The fourth-order valence-corrected chi connectivity index (χ4v) is 5.10. The van der Waals surface area contributed by atoms with Crippen LogP contribution in [0.4, 0.5) is 0 Å². The first kappa shape index (κ1) is 24.5. The maximum absolute atomic E-state index is 11.8. The van der Waals surface area contributed by atoms with Gasteiger partial charge >= 0.3 is 0 Å². The van der Waals surface area contributed by atoms with Gasteiger partial charge in [0, 0.05) is 0 Å². The molecule has 6 unspecified atom stereocenters. The third-order valence-corrected chi connectivity index (χ3v) is 7.51. The largest absolute Gasteiger partial charge is 0.395 e. The molecule has 1 fully saturated rings. The van der Waals surface area contributed by atoms with Crippen LogP contribution in [0, 0.1) is 58.3 Å². The molecule has 3 nitrogen and oxygen atoms in total. The van der Waals surface area contributed by atoms with Crippen LogP contribution >= 0.6 is 0 Å². The fraction of sp³-hybridized carbons (Fsp3) is 0.517. The highest BCUT2D eigenvalue weighted by atomic mass is 16.6. The minimum Gasteiger partial charge on any atom is -0.395 e. The SMILES string of the molecule is Cc1ccc(C2C(C)C(C)C(C)OC2(O)C#CC(CO)c2cc(C)c(C)cc2C)c(C)c1. The molecule has 0 amide bonds. The van der Waals surface area contributed by atoms with Crippen LogP contribution < -0.4 is 0 Å². The van der Waals surface area contributed by atoms with Gasteiger partial charge in [-0.1, -0.05) is 55.7 Å². The van der Waals surface area contributed by atoms with E-state index in [-0.39, 0.29) is 36.4 Å². The smallest absolute Gasteiger partial charge is 0.238 e. The maximum Gasteiger partial charge on any atom is 0.238 e. The van der Waals surface area contributed by atoms with Crippen molar-refractivity contribution >= 4 is 0 Å². The zero-order chi connectivity index (χ0) is 23.8. The van der Waals surface area contributed by atoms with E-state index in [1.807, 2.05) is 13.8 Å². The summed E-state index contributed by atoms with van der Waals surface area (Å²) in [5.74, 6) is 4.47. The summed E-state index contributed by atoms with van der Waals surface area (Å²) in [5, 5.41) is 22.0. The Labute approximate surface area is 193 Å². The number of rotatable bonds is 3. The van der Waals surface area contributed by atoms with Gasteiger partial charge < -0.3 is 14.9 Å². The van der Waals surface area contributed by atoms with Gasteiger partial charge in [-0.2, -0.15) is 0 Å². The van der Waals surface area contributed by atoms with Crippen molar-refractivity contribution in [3.8, 4) is 11.8 Å². The molecule has 0 aromatic heterocycles. The Hall–Kier alpha value is -2.12. The predicted octanol–water partition coefficient (Wildman–Crippen LogP) is 5.47. The van der Waals surface area contributed by atoms with Crippen molar-refractivity contribution in [3.63, 3.8) is 0 Å². The van der Waals surface area contributed by atoms with Crippen LogP contribution in [0.1, 0.15) is 71.6 Å². The van der Waals surface area contributed by atoms with Gasteiger partial charge in [-0.3, -0.25) is 0 Å². The number of benzene rings is 2. The molecule has 2 N–H and O–H groups in total. The van der Waals surface area contributed by atoms with Crippen LogP contribution in [0.3, 0.4) is 0 Å². The second kappa shape index (κ2) is 9.40. The molecule has 0 radical (unpaired) electrons. The summed E-state index contributed by atoms with van der Waals surface area (Å²) in [6, 6.07) is 10.6. The second-order valence-electron chi connectivity index (χ2n) is 9.87. The first-order chi connectivity index (χ1) is 15.0. The molecule has 3 heteroatoms. The van der Waals surface area contributed by atoms with Crippen molar-refractivity contribution < 1.29 is 14.9 Å². The minimum absolute atomic E-state index is 0.109. The van der Waals surface area contributed by atoms with Gasteiger partial charge in [0.2, 0.25) is 5.79 Å². The third kappa shape index (κ3) is 4.64. The molecule has 6 atom stereocenters. The van der Waals surface area contributed by atoms with Gasteiger partial charge in [0.25, 0.3) is 0 Å². The van der Waals surface area contributed by atoms with Crippen molar-refractivity contribution in [2.24, 2.45) is 11.8 Å². The molecule has 172 valence electrons. The van der Waals surface area contributed by atoms with Gasteiger partial charge in [-0.15, -0.1) is 0 Å². The lowest BCUT2D eigenvalue weighted by atomic mass is 9.70. The second-order valence-corrected chi connectivity index (χ2v) is 9.87. The van der Waals surface area contributed by atoms with Gasteiger partial charge in [0.15, 0.2) is 0 Å². The first-order valence-electron chi connectivity index (χ1n) is 11.7. The molecule has 1 saturated heterocycles. The van der Waals surface area contributed by atoms with Crippen LogP contribution in [0.2, 0.25) is 0 Å². The summed E-state index contributed by atoms with van der Waals surface area (Å²) in [6.07, 6.45) is -0.123. The molecule has 0 aliphatic carbocycles. The summed E-state index contributed by atoms with van der Waals surface area (Å²) in [7, 11) is 0. The van der Waals surface area contributed by atoms with E-state index in [1.54, 1.807) is 0 Å². The Morgan fingerprint density at radius 3 is 2.19 bits per heavy atom. The predicted molar refractivity (Wildman–Crippen MR) is 131 cm³/mol. The number of hydrogen-bond acceptors (Lipinski definition) is 3. The van der Waals surface area contributed by atoms with Crippen molar-refractivity contribution in [1.29, 1.82) is 0 Å². The summed E-state index contributed by atoms with van der Waals surface area (Å²) in [5.41, 5.74) is 7.88. The van der Waals surface area contributed by atoms with E-state index in [2.05, 4.69) is 83.7 Å². The first-order valence-corrected chi connectivity index (χ1v) is 11.7. The summed E-state index contributed by atoms with van der Waals surface area (Å²) in [4.78, 5) is 0. The lowest BCUT2D eigenvalue weighted by Crippen LogP contribution is -2.52. The molecule has 0 spiro atoms. The van der Waals surface area contributed by atoms with Crippen LogP contribution in [-0.4, -0.2) is 28.7 Å². The van der Waals surface area contributed by atoms with Crippen molar-refractivity contribution in [2.45, 2.75) is 79.1 Å². The van der Waals surface area contributed by atoms with E-state index >= 15 is 0 Å². The number of aliphatic hydroxyl groups is 2. The molecular formula is C29H38O3. The minimum atomic E-state index is -1.62. The zero-order valence-corrected chi connectivity index (χ0v) is 20.8. The summed E-state index contributed by atoms with van der Waals surface area (Å²) >= 11 is 0. The standard InChI is InChI=1S/C29H38O3/c1-17-9-10-26(20(4)13-17)28-23(7)22(6)24(8)32-29(28,31)12-11-25(16-30)27-15-19(3)18(2)14-21(27)5/h9-10,13-15,22-25,28,30-31H,16H2,1-8H3.